The smallest absolute Gasteiger partial charge is 0.0698 e. The molecule has 2 aliphatic rings. The third-order valence-corrected chi connectivity index (χ3v) is 37.3. The van der Waals surface area contributed by atoms with E-state index in [1.54, 1.807) is 4.24 Å². The van der Waals surface area contributed by atoms with E-state index in [2.05, 4.69) is 92.5 Å². The number of rotatable bonds is 8. The van der Waals surface area contributed by atoms with Crippen LogP contribution in [0.3, 0.4) is 0 Å². The van der Waals surface area contributed by atoms with E-state index in [0.717, 1.165) is 0 Å². The Kier molecular flexibility index (Phi) is 7.14. The fraction of sp³-hybridized carbons (Fsp3) is 0.571. The highest BCUT2D eigenvalue weighted by Crippen LogP contribution is 3.23. The molecule has 0 nitrogen and oxygen atoms in total. The summed E-state index contributed by atoms with van der Waals surface area (Å²) in [7, 11) is 8.95. The van der Waals surface area contributed by atoms with Gasteiger partial charge in [-0.05, 0) is 21.6 Å². The van der Waals surface area contributed by atoms with Gasteiger partial charge in [0.2, 0.25) is 0 Å². The predicted molar refractivity (Wildman–Crippen MR) is 128 cm³/mol. The monoisotopic (exact) mass is 448 g/mol. The minimum atomic E-state index is -2.64. The Labute approximate surface area is 162 Å². The second kappa shape index (κ2) is 7.72. The van der Waals surface area contributed by atoms with Crippen LogP contribution in [0.15, 0.2) is 30.1 Å². The first kappa shape index (κ1) is 20.3. The highest BCUT2D eigenvalue weighted by Gasteiger charge is 2.66. The lowest BCUT2D eigenvalue weighted by atomic mass is 11.0. The van der Waals surface area contributed by atoms with Crippen LogP contribution in [0.2, 0.25) is 0 Å². The predicted octanol–water partition coefficient (Wildman–Crippen LogP) is 8.83. The first-order chi connectivity index (χ1) is 10.6. The van der Waals surface area contributed by atoms with Gasteiger partial charge in [-0.3, -0.25) is 0 Å². The van der Waals surface area contributed by atoms with Gasteiger partial charge in [-0.15, -0.1) is 0 Å². The van der Waals surface area contributed by atoms with E-state index in [9.17, 15) is 0 Å². The second-order valence-corrected chi connectivity index (χ2v) is 31.0. The molecular weight excluding hydrogens is 425 g/mol. The SMILES string of the molecule is CCSS1(SCC)(SCC)(SCC)C=CSC1=C1SC=CS1. The van der Waals surface area contributed by atoms with Crippen LogP contribution >= 0.6 is 82.9 Å². The van der Waals surface area contributed by atoms with Crippen molar-refractivity contribution in [3.8, 4) is 0 Å². The molecule has 0 saturated carbocycles. The zero-order valence-electron chi connectivity index (χ0n) is 13.4. The largest absolute Gasteiger partial charge is 0.0951 e. The van der Waals surface area contributed by atoms with E-state index in [0.29, 0.717) is 0 Å². The molecule has 0 unspecified atom stereocenters. The van der Waals surface area contributed by atoms with Crippen LogP contribution < -0.4 is 0 Å². The molecule has 0 aliphatic carbocycles. The van der Waals surface area contributed by atoms with Gasteiger partial charge in [-0.1, -0.05) is 111 Å². The normalized spacial score (nSPS) is 27.5. The van der Waals surface area contributed by atoms with Crippen LogP contribution in [0, 0.1) is 0 Å². The van der Waals surface area contributed by atoms with Crippen molar-refractivity contribution in [3.05, 3.63) is 30.1 Å². The zero-order chi connectivity index (χ0) is 16.2. The van der Waals surface area contributed by atoms with Gasteiger partial charge in [0.15, 0.2) is 0 Å². The van der Waals surface area contributed by atoms with Gasteiger partial charge < -0.3 is 0 Å². The van der Waals surface area contributed by atoms with Crippen molar-refractivity contribution in [1.29, 1.82) is 0 Å². The Morgan fingerprint density at radius 3 is 1.59 bits per heavy atom. The molecule has 0 aromatic rings. The lowest BCUT2D eigenvalue weighted by Gasteiger charge is -2.73. The van der Waals surface area contributed by atoms with Gasteiger partial charge in [0.25, 0.3) is 0 Å². The fourth-order valence-electron chi connectivity index (χ4n) is 2.57. The van der Waals surface area contributed by atoms with E-state index in [1.807, 2.05) is 35.3 Å². The lowest BCUT2D eigenvalue weighted by molar-refractivity contribution is 1.53. The van der Waals surface area contributed by atoms with Crippen molar-refractivity contribution < 1.29 is 0 Å². The Balaban J connectivity index is 2.76. The Hall–Kier alpha value is 2.02. The molecule has 0 fully saturated rings. The number of hydrogen-bond acceptors (Lipinski definition) is 7. The van der Waals surface area contributed by atoms with Gasteiger partial charge in [0, 0.05) is 23.0 Å². The van der Waals surface area contributed by atoms with Crippen molar-refractivity contribution in [2.24, 2.45) is 0 Å². The average molecular weight is 449 g/mol. The van der Waals surface area contributed by atoms with Crippen LogP contribution in [0.1, 0.15) is 27.7 Å². The molecule has 0 atom stereocenters. The van der Waals surface area contributed by atoms with E-state index in [-0.39, 0.29) is 0 Å². The van der Waals surface area contributed by atoms with Crippen molar-refractivity contribution in [3.63, 3.8) is 0 Å². The van der Waals surface area contributed by atoms with Crippen LogP contribution in [-0.4, -0.2) is 23.0 Å². The molecule has 0 saturated heterocycles. The quantitative estimate of drug-likeness (QED) is 0.336. The molecule has 22 heavy (non-hydrogen) atoms. The van der Waals surface area contributed by atoms with Crippen LogP contribution in [-0.2, 0) is 0 Å². The molecule has 0 radical (unpaired) electrons. The Morgan fingerprint density at radius 1 is 0.727 bits per heavy atom. The minimum absolute atomic E-state index is 1.17. The highest BCUT2D eigenvalue weighted by atomic mass is 34.1. The summed E-state index contributed by atoms with van der Waals surface area (Å²) < 4.78 is 0.529. The Bertz CT molecular complexity index is 469. The molecular formula is C14H24S8. The maximum absolute atomic E-state index is 2.64. The topological polar surface area (TPSA) is 0 Å². The molecule has 2 heterocycles. The van der Waals surface area contributed by atoms with E-state index in [1.165, 1.54) is 27.2 Å². The van der Waals surface area contributed by atoms with Gasteiger partial charge >= 0.3 is 0 Å². The summed E-state index contributed by atoms with van der Waals surface area (Å²) in [6.07, 6.45) is 0. The maximum Gasteiger partial charge on any atom is 0.0698 e. The number of thioether (sulfide) groups is 3. The van der Waals surface area contributed by atoms with Crippen molar-refractivity contribution in [2.75, 3.05) is 23.0 Å². The summed E-state index contributed by atoms with van der Waals surface area (Å²) >= 11 is 5.83. The van der Waals surface area contributed by atoms with Crippen LogP contribution in [0.5, 0.6) is 0 Å². The van der Waals surface area contributed by atoms with Gasteiger partial charge in [0.05, 0.1) is 8.47 Å². The molecule has 128 valence electrons. The highest BCUT2D eigenvalue weighted by molar-refractivity contribution is 9.84. The van der Waals surface area contributed by atoms with Gasteiger partial charge in [-0.2, -0.15) is 0 Å². The van der Waals surface area contributed by atoms with Crippen LogP contribution in [0.4, 0.5) is 0 Å². The van der Waals surface area contributed by atoms with Crippen molar-refractivity contribution in [1.82, 2.24) is 0 Å². The molecule has 2 rings (SSSR count). The number of hydrogen-bond donors (Lipinski definition) is 0. The van der Waals surface area contributed by atoms with E-state index < -0.39 is 4.42 Å². The van der Waals surface area contributed by atoms with E-state index >= 15 is 0 Å². The molecule has 0 aromatic carbocycles. The van der Waals surface area contributed by atoms with Crippen LogP contribution in [0.25, 0.3) is 0 Å². The summed E-state index contributed by atoms with van der Waals surface area (Å²) in [4.78, 5) is 0. The van der Waals surface area contributed by atoms with Gasteiger partial charge in [-0.25, -0.2) is 0 Å². The second-order valence-electron chi connectivity index (χ2n) is 4.34. The fourth-order valence-corrected chi connectivity index (χ4v) is 43.6. The molecule has 2 aliphatic heterocycles. The Morgan fingerprint density at radius 2 is 1.18 bits per heavy atom. The zero-order valence-corrected chi connectivity index (χ0v) is 19.9. The first-order valence-corrected chi connectivity index (χ1v) is 18.5. The van der Waals surface area contributed by atoms with Gasteiger partial charge in [0.1, 0.15) is 0 Å². The summed E-state index contributed by atoms with van der Waals surface area (Å²) in [6.45, 7) is 9.30. The first-order valence-electron chi connectivity index (χ1n) is 7.33. The molecule has 0 N–H and O–H groups in total. The summed E-state index contributed by atoms with van der Waals surface area (Å²) in [5.74, 6) is 4.66. The molecule has 0 aromatic heterocycles. The summed E-state index contributed by atoms with van der Waals surface area (Å²) in [5, 5.41) is 9.50. The molecule has 0 spiro atoms. The van der Waals surface area contributed by atoms with Crippen molar-refractivity contribution in [2.45, 2.75) is 27.7 Å². The molecule has 8 heteroatoms. The maximum atomic E-state index is 2.64. The van der Waals surface area contributed by atoms with Crippen molar-refractivity contribution >= 4 is 82.9 Å². The molecule has 0 amide bonds. The molecule has 0 bridgehead atoms. The third-order valence-electron chi connectivity index (χ3n) is 3.06. The summed E-state index contributed by atoms with van der Waals surface area (Å²) in [6, 6.07) is 0. The summed E-state index contributed by atoms with van der Waals surface area (Å²) in [5.41, 5.74) is 0. The van der Waals surface area contributed by atoms with E-state index in [4.69, 9.17) is 0 Å². The third kappa shape index (κ3) is 3.10. The lowest BCUT2D eigenvalue weighted by Crippen LogP contribution is -2.19. The average Bonchev–Trinajstić information content (AvgIpc) is 3.08. The minimum Gasteiger partial charge on any atom is -0.0951 e. The standard InChI is InChI=1S/C14H24S8/c1-5-18-22(19-6-2,20-7-3,21-8-4)12-11-17-14(22)13-15-9-10-16-13/h9-12H,5-8H2,1-4H3.